The topological polar surface area (TPSA) is 30.7 Å². The van der Waals surface area contributed by atoms with Crippen molar-refractivity contribution in [3.05, 3.63) is 39.3 Å². The molecule has 2 heterocycles. The molecule has 66 valence electrons. The van der Waals surface area contributed by atoms with E-state index in [9.17, 15) is 0 Å². The molecule has 0 atom stereocenters. The number of hydrogen-bond acceptors (Lipinski definition) is 2. The minimum atomic E-state index is 0.475. The molecule has 0 fully saturated rings. The first kappa shape index (κ1) is 8.96. The molecule has 3 nitrogen and oxygen atoms in total. The second-order valence-corrected chi connectivity index (χ2v) is 4.05. The molecule has 0 saturated heterocycles. The van der Waals surface area contributed by atoms with Crippen molar-refractivity contribution in [3.8, 4) is 5.82 Å². The summed E-state index contributed by atoms with van der Waals surface area (Å²) in [6.45, 7) is 0. The van der Waals surface area contributed by atoms with Crippen LogP contribution in [0, 0.1) is 3.57 Å². The van der Waals surface area contributed by atoms with Gasteiger partial charge < -0.3 is 0 Å². The molecule has 0 aliphatic carbocycles. The highest BCUT2D eigenvalue weighted by Gasteiger charge is 1.99. The smallest absolute Gasteiger partial charge is 0.155 e. The van der Waals surface area contributed by atoms with Crippen molar-refractivity contribution in [2.75, 3.05) is 0 Å². The van der Waals surface area contributed by atoms with Crippen molar-refractivity contribution in [2.45, 2.75) is 0 Å². The molecule has 2 aromatic rings. The van der Waals surface area contributed by atoms with E-state index in [4.69, 9.17) is 11.6 Å². The van der Waals surface area contributed by atoms with E-state index in [1.165, 1.54) is 0 Å². The van der Waals surface area contributed by atoms with Crippen molar-refractivity contribution in [1.29, 1.82) is 0 Å². The minimum absolute atomic E-state index is 0.475. The first-order valence-electron chi connectivity index (χ1n) is 3.59. The van der Waals surface area contributed by atoms with Crippen LogP contribution in [0.5, 0.6) is 0 Å². The fraction of sp³-hybridized carbons (Fsp3) is 0. The van der Waals surface area contributed by atoms with Gasteiger partial charge in [-0.1, -0.05) is 17.7 Å². The maximum Gasteiger partial charge on any atom is 0.155 e. The molecule has 0 radical (unpaired) electrons. The molecule has 0 unspecified atom stereocenters. The fourth-order valence-corrected chi connectivity index (χ4v) is 1.50. The van der Waals surface area contributed by atoms with Crippen LogP contribution in [0.3, 0.4) is 0 Å². The van der Waals surface area contributed by atoms with Gasteiger partial charge in [0.15, 0.2) is 5.82 Å². The van der Waals surface area contributed by atoms with Crippen LogP contribution >= 0.6 is 34.2 Å². The number of rotatable bonds is 1. The summed E-state index contributed by atoms with van der Waals surface area (Å²) < 4.78 is 2.76. The van der Waals surface area contributed by atoms with Gasteiger partial charge in [0.2, 0.25) is 0 Å². The van der Waals surface area contributed by atoms with Gasteiger partial charge in [0.1, 0.15) is 5.15 Å². The highest BCUT2D eigenvalue weighted by atomic mass is 127. The first-order chi connectivity index (χ1) is 6.25. The van der Waals surface area contributed by atoms with Crippen molar-refractivity contribution >= 4 is 34.2 Å². The zero-order valence-corrected chi connectivity index (χ0v) is 9.40. The predicted molar refractivity (Wildman–Crippen MR) is 59.1 cm³/mol. The number of pyridine rings is 1. The van der Waals surface area contributed by atoms with E-state index in [2.05, 4.69) is 32.7 Å². The maximum atomic E-state index is 5.75. The van der Waals surface area contributed by atoms with Crippen molar-refractivity contribution in [2.24, 2.45) is 0 Å². The maximum absolute atomic E-state index is 5.75. The Morgan fingerprint density at radius 1 is 1.38 bits per heavy atom. The Balaban J connectivity index is 2.46. The zero-order chi connectivity index (χ0) is 9.26. The lowest BCUT2D eigenvalue weighted by Gasteiger charge is -1.98. The fourth-order valence-electron chi connectivity index (χ4n) is 0.951. The number of halogens is 2. The molecular formula is C8H5ClIN3. The lowest BCUT2D eigenvalue weighted by atomic mass is 10.5. The summed E-state index contributed by atoms with van der Waals surface area (Å²) in [6.07, 6.45) is 3.66. The Morgan fingerprint density at radius 2 is 2.23 bits per heavy atom. The molecule has 13 heavy (non-hydrogen) atoms. The molecule has 2 rings (SSSR count). The Morgan fingerprint density at radius 3 is 2.85 bits per heavy atom. The van der Waals surface area contributed by atoms with Gasteiger partial charge in [0.05, 0.1) is 9.77 Å². The molecule has 0 aliphatic rings. The largest absolute Gasteiger partial charge is 0.222 e. The van der Waals surface area contributed by atoms with Gasteiger partial charge in [-0.3, -0.25) is 0 Å². The van der Waals surface area contributed by atoms with Crippen LogP contribution in [0.25, 0.3) is 5.82 Å². The molecule has 0 aromatic carbocycles. The summed E-state index contributed by atoms with van der Waals surface area (Å²) in [4.78, 5) is 4.12. The lowest BCUT2D eigenvalue weighted by molar-refractivity contribution is 0.847. The molecule has 0 saturated carbocycles. The van der Waals surface area contributed by atoms with Crippen LogP contribution in [0.4, 0.5) is 0 Å². The molecule has 0 N–H and O–H groups in total. The number of nitrogens with zero attached hydrogens (tertiary/aromatic N) is 3. The van der Waals surface area contributed by atoms with Crippen LogP contribution in [-0.4, -0.2) is 14.8 Å². The van der Waals surface area contributed by atoms with Gasteiger partial charge in [0.25, 0.3) is 0 Å². The van der Waals surface area contributed by atoms with E-state index >= 15 is 0 Å². The van der Waals surface area contributed by atoms with E-state index in [0.29, 0.717) is 5.15 Å². The molecule has 2 aromatic heterocycles. The standard InChI is InChI=1S/C8H5ClIN3/c9-7-2-1-3-8(12-7)13-5-6(10)4-11-13/h1-5H. The highest BCUT2D eigenvalue weighted by Crippen LogP contribution is 2.10. The second-order valence-electron chi connectivity index (χ2n) is 2.42. The van der Waals surface area contributed by atoms with Gasteiger partial charge in [-0.05, 0) is 34.7 Å². The monoisotopic (exact) mass is 305 g/mol. The molecule has 0 aliphatic heterocycles. The van der Waals surface area contributed by atoms with E-state index in [-0.39, 0.29) is 0 Å². The van der Waals surface area contributed by atoms with E-state index in [1.807, 2.05) is 18.3 Å². The van der Waals surface area contributed by atoms with Crippen LogP contribution in [0.2, 0.25) is 5.15 Å². The SMILES string of the molecule is Clc1cccc(-n2cc(I)cn2)n1. The Kier molecular flexibility index (Phi) is 2.50. The average molecular weight is 306 g/mol. The van der Waals surface area contributed by atoms with Gasteiger partial charge in [-0.2, -0.15) is 5.10 Å². The predicted octanol–water partition coefficient (Wildman–Crippen LogP) is 2.53. The first-order valence-corrected chi connectivity index (χ1v) is 5.04. The van der Waals surface area contributed by atoms with Gasteiger partial charge in [0, 0.05) is 6.20 Å². The van der Waals surface area contributed by atoms with E-state index in [1.54, 1.807) is 16.9 Å². The van der Waals surface area contributed by atoms with Gasteiger partial charge in [-0.15, -0.1) is 0 Å². The Hall–Kier alpha value is -0.620. The summed E-state index contributed by atoms with van der Waals surface area (Å²) in [5, 5.41) is 4.59. The summed E-state index contributed by atoms with van der Waals surface area (Å²) in [5.41, 5.74) is 0. The molecule has 5 heteroatoms. The van der Waals surface area contributed by atoms with Crippen LogP contribution in [0.1, 0.15) is 0 Å². The van der Waals surface area contributed by atoms with E-state index < -0.39 is 0 Å². The third-order valence-corrected chi connectivity index (χ3v) is 2.25. The number of hydrogen-bond donors (Lipinski definition) is 0. The molecule has 0 amide bonds. The van der Waals surface area contributed by atoms with Crippen molar-refractivity contribution < 1.29 is 0 Å². The van der Waals surface area contributed by atoms with E-state index in [0.717, 1.165) is 9.39 Å². The summed E-state index contributed by atoms with van der Waals surface area (Å²) >= 11 is 7.94. The van der Waals surface area contributed by atoms with Crippen molar-refractivity contribution in [1.82, 2.24) is 14.8 Å². The minimum Gasteiger partial charge on any atom is -0.222 e. The second kappa shape index (κ2) is 3.63. The third-order valence-electron chi connectivity index (χ3n) is 1.49. The quantitative estimate of drug-likeness (QED) is 0.599. The molecule has 0 bridgehead atoms. The average Bonchev–Trinajstić information content (AvgIpc) is 2.52. The Labute approximate surface area is 93.9 Å². The van der Waals surface area contributed by atoms with Gasteiger partial charge >= 0.3 is 0 Å². The normalized spacial score (nSPS) is 10.3. The summed E-state index contributed by atoms with van der Waals surface area (Å²) in [6, 6.07) is 5.44. The number of aromatic nitrogens is 3. The van der Waals surface area contributed by atoms with Crippen LogP contribution in [-0.2, 0) is 0 Å². The zero-order valence-electron chi connectivity index (χ0n) is 6.48. The Bertz CT molecular complexity index is 427. The molecule has 0 spiro atoms. The van der Waals surface area contributed by atoms with Crippen molar-refractivity contribution in [3.63, 3.8) is 0 Å². The van der Waals surface area contributed by atoms with Crippen LogP contribution < -0.4 is 0 Å². The highest BCUT2D eigenvalue weighted by molar-refractivity contribution is 14.1. The molecular weight excluding hydrogens is 300 g/mol. The summed E-state index contributed by atoms with van der Waals surface area (Å²) in [7, 11) is 0. The van der Waals surface area contributed by atoms with Crippen LogP contribution in [0.15, 0.2) is 30.6 Å². The third kappa shape index (κ3) is 2.00. The lowest BCUT2D eigenvalue weighted by Crippen LogP contribution is -1.96. The van der Waals surface area contributed by atoms with Gasteiger partial charge in [-0.25, -0.2) is 9.67 Å². The summed E-state index contributed by atoms with van der Waals surface area (Å²) in [5.74, 6) is 0.732.